The van der Waals surface area contributed by atoms with Gasteiger partial charge in [0.05, 0.1) is 0 Å². The highest BCUT2D eigenvalue weighted by molar-refractivity contribution is 14.1. The number of carboxylic acids is 1. The van der Waals surface area contributed by atoms with E-state index in [2.05, 4.69) is 0 Å². The number of hydrogen-bond acceptors (Lipinski definition) is 1. The minimum Gasteiger partial charge on any atom is -0.481 e. The van der Waals surface area contributed by atoms with Crippen LogP contribution >= 0.6 is 22.6 Å². The van der Waals surface area contributed by atoms with Crippen molar-refractivity contribution in [3.05, 3.63) is 0 Å². The average Bonchev–Trinajstić information content (AvgIpc) is 1.65. The molecule has 0 aliphatic heterocycles. The molecule has 0 rings (SSSR count). The molecule has 0 heterocycles. The Balaban J connectivity index is 4.19. The lowest BCUT2D eigenvalue weighted by Crippen LogP contribution is -2.30. The second kappa shape index (κ2) is 2.81. The van der Waals surface area contributed by atoms with Gasteiger partial charge in [0.1, 0.15) is 5.41 Å². The Morgan fingerprint density at radius 1 is 1.78 bits per heavy atom. The molecule has 0 saturated heterocycles. The van der Waals surface area contributed by atoms with E-state index in [1.54, 1.807) is 0 Å². The van der Waals surface area contributed by atoms with E-state index in [4.69, 9.17) is 5.11 Å². The van der Waals surface area contributed by atoms with Crippen molar-refractivity contribution in [2.75, 3.05) is 0 Å². The number of rotatable bonds is 2. The van der Waals surface area contributed by atoms with Crippen LogP contribution in [0.1, 0.15) is 13.8 Å². The van der Waals surface area contributed by atoms with Crippen LogP contribution in [0, 0.1) is 5.41 Å². The van der Waals surface area contributed by atoms with Crippen LogP contribution in [0.15, 0.2) is 0 Å². The van der Waals surface area contributed by atoms with Crippen LogP contribution < -0.4 is 0 Å². The third-order valence-electron chi connectivity index (χ3n) is 1.10. The van der Waals surface area contributed by atoms with Gasteiger partial charge in [0.15, 0.2) is 4.18 Å². The zero-order valence-electron chi connectivity index (χ0n) is 5.19. The molecular weight excluding hydrogens is 238 g/mol. The van der Waals surface area contributed by atoms with E-state index in [1.165, 1.54) is 36.4 Å². The molecule has 0 saturated carbocycles. The number of carboxylic acid groups (broad SMARTS) is 1. The van der Waals surface area contributed by atoms with Crippen LogP contribution in [-0.4, -0.2) is 15.3 Å². The molecule has 0 fully saturated rings. The van der Waals surface area contributed by atoms with Crippen molar-refractivity contribution in [1.29, 1.82) is 0 Å². The standard InChI is InChI=1S/C5H8FIO2/c1-5(2,3(6)7)4(8)9/h3H,1-2H3,(H,8,9). The molecular formula is C5H8FIO2. The van der Waals surface area contributed by atoms with E-state index >= 15 is 0 Å². The van der Waals surface area contributed by atoms with Crippen molar-refractivity contribution in [3.63, 3.8) is 0 Å². The molecule has 0 aromatic heterocycles. The highest BCUT2D eigenvalue weighted by Crippen LogP contribution is 2.28. The predicted molar refractivity (Wildman–Crippen MR) is 40.3 cm³/mol. The fourth-order valence-corrected chi connectivity index (χ4v) is 0.360. The Morgan fingerprint density at radius 2 is 2.11 bits per heavy atom. The summed E-state index contributed by atoms with van der Waals surface area (Å²) in [5.74, 6) is -1.11. The normalized spacial score (nSPS) is 15.1. The van der Waals surface area contributed by atoms with Gasteiger partial charge in [-0.25, -0.2) is 4.39 Å². The summed E-state index contributed by atoms with van der Waals surface area (Å²) in [5.41, 5.74) is -1.26. The monoisotopic (exact) mass is 246 g/mol. The number of carbonyl (C=O) groups is 1. The fourth-order valence-electron chi connectivity index (χ4n) is 0.0933. The van der Waals surface area contributed by atoms with Crippen molar-refractivity contribution < 1.29 is 14.3 Å². The van der Waals surface area contributed by atoms with Gasteiger partial charge >= 0.3 is 5.97 Å². The Morgan fingerprint density at radius 3 is 2.11 bits per heavy atom. The van der Waals surface area contributed by atoms with Gasteiger partial charge in [0, 0.05) is 0 Å². The van der Waals surface area contributed by atoms with Gasteiger partial charge in [0.25, 0.3) is 0 Å². The molecule has 4 heteroatoms. The molecule has 1 atom stereocenters. The van der Waals surface area contributed by atoms with E-state index in [-0.39, 0.29) is 0 Å². The first-order chi connectivity index (χ1) is 3.89. The first kappa shape index (κ1) is 9.13. The van der Waals surface area contributed by atoms with Crippen LogP contribution in [0.4, 0.5) is 4.39 Å². The summed E-state index contributed by atoms with van der Waals surface area (Å²) in [4.78, 5) is 10.2. The molecule has 1 unspecified atom stereocenters. The lowest BCUT2D eigenvalue weighted by Gasteiger charge is -2.18. The second-order valence-corrected chi connectivity index (χ2v) is 3.42. The van der Waals surface area contributed by atoms with Gasteiger partial charge < -0.3 is 5.11 Å². The van der Waals surface area contributed by atoms with Gasteiger partial charge in [-0.05, 0) is 36.4 Å². The largest absolute Gasteiger partial charge is 0.481 e. The highest BCUT2D eigenvalue weighted by Gasteiger charge is 2.35. The third-order valence-corrected chi connectivity index (χ3v) is 2.65. The maximum Gasteiger partial charge on any atom is 0.312 e. The maximum absolute atomic E-state index is 12.3. The van der Waals surface area contributed by atoms with Crippen LogP contribution in [-0.2, 0) is 4.79 Å². The van der Waals surface area contributed by atoms with Gasteiger partial charge in [-0.1, -0.05) is 0 Å². The molecule has 0 spiro atoms. The van der Waals surface area contributed by atoms with E-state index in [0.717, 1.165) is 0 Å². The Kier molecular flexibility index (Phi) is 2.85. The molecule has 0 radical (unpaired) electrons. The van der Waals surface area contributed by atoms with Crippen molar-refractivity contribution in [2.45, 2.75) is 18.0 Å². The molecule has 9 heavy (non-hydrogen) atoms. The quantitative estimate of drug-likeness (QED) is 0.596. The summed E-state index contributed by atoms with van der Waals surface area (Å²) in [6.45, 7) is 2.71. The Bertz CT molecular complexity index is 122. The summed E-state index contributed by atoms with van der Waals surface area (Å²) < 4.78 is 11.0. The van der Waals surface area contributed by atoms with Crippen molar-refractivity contribution >= 4 is 28.6 Å². The molecule has 2 nitrogen and oxygen atoms in total. The summed E-state index contributed by atoms with van der Waals surface area (Å²) in [7, 11) is 0. The first-order valence-corrected chi connectivity index (χ1v) is 3.65. The number of hydrogen-bond donors (Lipinski definition) is 1. The van der Waals surface area contributed by atoms with Crippen LogP contribution in [0.5, 0.6) is 0 Å². The molecule has 0 aliphatic rings. The Labute approximate surface area is 66.6 Å². The SMILES string of the molecule is CC(C)(C(=O)O)C(F)I. The van der Waals surface area contributed by atoms with E-state index in [9.17, 15) is 9.18 Å². The molecule has 0 aliphatic carbocycles. The van der Waals surface area contributed by atoms with Gasteiger partial charge in [-0.2, -0.15) is 0 Å². The number of halogens is 2. The van der Waals surface area contributed by atoms with Crippen LogP contribution in [0.2, 0.25) is 0 Å². The minimum atomic E-state index is -1.34. The van der Waals surface area contributed by atoms with Crippen LogP contribution in [0.25, 0.3) is 0 Å². The van der Waals surface area contributed by atoms with E-state index in [0.29, 0.717) is 0 Å². The number of alkyl halides is 2. The zero-order chi connectivity index (χ0) is 7.65. The molecule has 0 aromatic rings. The molecule has 1 N–H and O–H groups in total. The van der Waals surface area contributed by atoms with Crippen molar-refractivity contribution in [3.8, 4) is 0 Å². The molecule has 54 valence electrons. The average molecular weight is 246 g/mol. The lowest BCUT2D eigenvalue weighted by atomic mass is 9.96. The maximum atomic E-state index is 12.3. The van der Waals surface area contributed by atoms with Gasteiger partial charge in [0.2, 0.25) is 0 Å². The zero-order valence-corrected chi connectivity index (χ0v) is 7.35. The van der Waals surface area contributed by atoms with E-state index < -0.39 is 15.6 Å². The molecule has 0 bridgehead atoms. The fraction of sp³-hybridized carbons (Fsp3) is 0.800. The van der Waals surface area contributed by atoms with E-state index in [1.807, 2.05) is 0 Å². The van der Waals surface area contributed by atoms with Gasteiger partial charge in [-0.15, -0.1) is 0 Å². The Hall–Kier alpha value is 0.130. The van der Waals surface area contributed by atoms with Crippen molar-refractivity contribution in [2.24, 2.45) is 5.41 Å². The topological polar surface area (TPSA) is 37.3 Å². The molecule has 0 aromatic carbocycles. The summed E-state index contributed by atoms with van der Waals surface area (Å²) >= 11 is 1.45. The lowest BCUT2D eigenvalue weighted by molar-refractivity contribution is -0.148. The summed E-state index contributed by atoms with van der Waals surface area (Å²) in [6.07, 6.45) is 0. The third kappa shape index (κ3) is 2.08. The smallest absolute Gasteiger partial charge is 0.312 e. The summed E-state index contributed by atoms with van der Waals surface area (Å²) in [5, 5.41) is 8.37. The van der Waals surface area contributed by atoms with Gasteiger partial charge in [-0.3, -0.25) is 4.79 Å². The summed E-state index contributed by atoms with van der Waals surface area (Å²) in [6, 6.07) is 0. The second-order valence-electron chi connectivity index (χ2n) is 2.33. The first-order valence-electron chi connectivity index (χ1n) is 2.40. The number of aliphatic carboxylic acids is 1. The minimum absolute atomic E-state index is 1.11. The van der Waals surface area contributed by atoms with Crippen molar-refractivity contribution in [1.82, 2.24) is 0 Å². The highest BCUT2D eigenvalue weighted by atomic mass is 127. The predicted octanol–water partition coefficient (Wildman–Crippen LogP) is 1.83. The molecule has 0 amide bonds. The van der Waals surface area contributed by atoms with Crippen LogP contribution in [0.3, 0.4) is 0 Å².